The summed E-state index contributed by atoms with van der Waals surface area (Å²) in [5.41, 5.74) is 7.92. The van der Waals surface area contributed by atoms with Gasteiger partial charge in [-0.3, -0.25) is 9.19 Å². The lowest BCUT2D eigenvalue weighted by atomic mass is 10.2. The van der Waals surface area contributed by atoms with Crippen LogP contribution in [0.25, 0.3) is 11.2 Å². The first-order valence-electron chi connectivity index (χ1n) is 8.91. The Kier molecular flexibility index (Phi) is 5.46. The third-order valence-corrected chi connectivity index (χ3v) is 5.12. The summed E-state index contributed by atoms with van der Waals surface area (Å²) in [5.74, 6) is 0.745. The van der Waals surface area contributed by atoms with Gasteiger partial charge in [0.1, 0.15) is 17.7 Å². The molecule has 1 aromatic carbocycles. The largest absolute Gasteiger partial charge is 0.768 e. The molecule has 0 amide bonds. The number of anilines is 2. The number of nitrogens with one attached hydrogen (secondary N) is 1. The van der Waals surface area contributed by atoms with Gasteiger partial charge in [-0.05, 0) is 42.3 Å². The molecule has 0 aliphatic rings. The summed E-state index contributed by atoms with van der Waals surface area (Å²) in [6.07, 6.45) is 6.26. The van der Waals surface area contributed by atoms with Crippen LogP contribution in [0.2, 0.25) is 0 Å². The summed E-state index contributed by atoms with van der Waals surface area (Å²) in [6, 6.07) is 9.72. The zero-order valence-corrected chi connectivity index (χ0v) is 16.7. The minimum absolute atomic E-state index is 0.0947. The van der Waals surface area contributed by atoms with Crippen molar-refractivity contribution < 1.29 is 8.76 Å². The molecule has 11 heteroatoms. The molecule has 0 radical (unpaired) electrons. The molecule has 4 rings (SSSR count). The first-order valence-corrected chi connectivity index (χ1v) is 9.99. The fourth-order valence-corrected chi connectivity index (χ4v) is 3.39. The number of pyridine rings is 1. The molecule has 30 heavy (non-hydrogen) atoms. The van der Waals surface area contributed by atoms with Crippen molar-refractivity contribution in [1.82, 2.24) is 24.5 Å². The highest BCUT2D eigenvalue weighted by atomic mass is 32.2. The molecular formula is C19H17N8O2S-. The maximum Gasteiger partial charge on any atom is 0.166 e. The number of imidazole rings is 1. The van der Waals surface area contributed by atoms with Crippen molar-refractivity contribution >= 4 is 45.3 Å². The molecule has 3 aromatic heterocycles. The minimum Gasteiger partial charge on any atom is -0.768 e. The van der Waals surface area contributed by atoms with Gasteiger partial charge in [0.15, 0.2) is 11.5 Å². The molecule has 2 unspecified atom stereocenters. The van der Waals surface area contributed by atoms with Crippen LogP contribution >= 0.6 is 0 Å². The number of hydrogen-bond acceptors (Lipinski definition) is 8. The third kappa shape index (κ3) is 3.88. The van der Waals surface area contributed by atoms with Crippen molar-refractivity contribution in [2.45, 2.75) is 17.9 Å². The van der Waals surface area contributed by atoms with E-state index in [0.717, 1.165) is 0 Å². The van der Waals surface area contributed by atoms with Gasteiger partial charge in [0.05, 0.1) is 34.8 Å². The van der Waals surface area contributed by atoms with E-state index in [1.807, 2.05) is 13.0 Å². The number of nitrogens with two attached hydrogens (primary N) is 1. The number of benzene rings is 1. The Balaban J connectivity index is 1.83. The van der Waals surface area contributed by atoms with E-state index >= 15 is 0 Å². The lowest BCUT2D eigenvalue weighted by Crippen LogP contribution is -2.24. The molecule has 0 saturated heterocycles. The van der Waals surface area contributed by atoms with Gasteiger partial charge in [-0.25, -0.2) is 19.9 Å². The lowest BCUT2D eigenvalue weighted by molar-refractivity contribution is 0.537. The van der Waals surface area contributed by atoms with E-state index in [0.29, 0.717) is 28.4 Å². The maximum absolute atomic E-state index is 11.6. The number of aromatic nitrogens is 5. The maximum atomic E-state index is 11.6. The van der Waals surface area contributed by atoms with Crippen molar-refractivity contribution in [2.75, 3.05) is 11.1 Å². The Morgan fingerprint density at radius 1 is 1.23 bits per heavy atom. The Morgan fingerprint density at radius 2 is 2.07 bits per heavy atom. The lowest BCUT2D eigenvalue weighted by Gasteiger charge is -2.19. The predicted octanol–water partition coefficient (Wildman–Crippen LogP) is 2.44. The van der Waals surface area contributed by atoms with Crippen LogP contribution in [0.3, 0.4) is 0 Å². The summed E-state index contributed by atoms with van der Waals surface area (Å²) in [5, 5.41) is 3.22. The summed E-state index contributed by atoms with van der Waals surface area (Å²) >= 11 is -2.43. The molecule has 10 nitrogen and oxygen atoms in total. The van der Waals surface area contributed by atoms with Crippen LogP contribution in [0, 0.1) is 0 Å². The fraction of sp³-hybridized carbons (Fsp3) is 0.105. The van der Waals surface area contributed by atoms with Crippen LogP contribution in [-0.4, -0.2) is 39.1 Å². The Labute approximate surface area is 174 Å². The normalized spacial score (nSPS) is 13.9. The highest BCUT2D eigenvalue weighted by molar-refractivity contribution is 7.79. The number of fused-ring (bicyclic) bond motifs is 1. The molecule has 0 spiro atoms. The molecule has 152 valence electrons. The van der Waals surface area contributed by atoms with E-state index in [-0.39, 0.29) is 10.7 Å². The number of aliphatic imine (C=N–C) groups is 1. The zero-order valence-electron chi connectivity index (χ0n) is 15.8. The van der Waals surface area contributed by atoms with Gasteiger partial charge >= 0.3 is 0 Å². The molecule has 3 N–H and O–H groups in total. The van der Waals surface area contributed by atoms with Crippen LogP contribution < -0.4 is 11.1 Å². The average molecular weight is 421 g/mol. The number of para-hydroxylation sites is 1. The standard InChI is InChI=1S/C19H18N8O2S/c1-12(27-11-24-16-17(20)22-10-23-19(16)27)18(25-13-5-4-8-21-9-13)26-14-6-2-3-7-15(14)30(28)29/h2-12H,1H3,(H,25,26)(H,28,29)(H2,20,22,23)/p-1. The van der Waals surface area contributed by atoms with Crippen LogP contribution in [0.4, 0.5) is 17.2 Å². The number of amidine groups is 1. The van der Waals surface area contributed by atoms with Crippen LogP contribution in [0.1, 0.15) is 13.0 Å². The van der Waals surface area contributed by atoms with Gasteiger partial charge in [0.25, 0.3) is 0 Å². The van der Waals surface area contributed by atoms with E-state index in [2.05, 4.69) is 30.2 Å². The van der Waals surface area contributed by atoms with E-state index in [1.165, 1.54) is 12.4 Å². The molecule has 0 fully saturated rings. The number of nitrogen functional groups attached to an aromatic ring is 1. The molecule has 2 atom stereocenters. The average Bonchev–Trinajstić information content (AvgIpc) is 3.19. The third-order valence-electron chi connectivity index (χ3n) is 4.42. The molecule has 0 aliphatic heterocycles. The Morgan fingerprint density at radius 3 is 2.83 bits per heavy atom. The second kappa shape index (κ2) is 8.35. The van der Waals surface area contributed by atoms with Crippen molar-refractivity contribution in [3.8, 4) is 0 Å². The second-order valence-electron chi connectivity index (χ2n) is 6.33. The second-order valence-corrected chi connectivity index (χ2v) is 7.23. The summed E-state index contributed by atoms with van der Waals surface area (Å²) in [7, 11) is 0. The molecule has 0 aliphatic carbocycles. The molecular weight excluding hydrogens is 404 g/mol. The quantitative estimate of drug-likeness (QED) is 0.284. The fourth-order valence-electron chi connectivity index (χ4n) is 2.92. The zero-order chi connectivity index (χ0) is 21.1. The van der Waals surface area contributed by atoms with Gasteiger partial charge in [-0.2, -0.15) is 0 Å². The van der Waals surface area contributed by atoms with Crippen LogP contribution in [-0.2, 0) is 11.1 Å². The predicted molar refractivity (Wildman–Crippen MR) is 113 cm³/mol. The molecule has 4 aromatic rings. The highest BCUT2D eigenvalue weighted by Gasteiger charge is 2.19. The van der Waals surface area contributed by atoms with Crippen molar-refractivity contribution in [3.63, 3.8) is 0 Å². The summed E-state index contributed by atoms with van der Waals surface area (Å²) in [4.78, 5) is 21.4. The van der Waals surface area contributed by atoms with E-state index in [9.17, 15) is 8.76 Å². The Bertz CT molecular complexity index is 1240. The summed E-state index contributed by atoms with van der Waals surface area (Å²) < 4.78 is 25.0. The summed E-state index contributed by atoms with van der Waals surface area (Å²) in [6.45, 7) is 1.89. The van der Waals surface area contributed by atoms with Crippen molar-refractivity contribution in [2.24, 2.45) is 4.99 Å². The molecule has 0 saturated carbocycles. The number of nitrogens with zero attached hydrogens (tertiary/aromatic N) is 6. The van der Waals surface area contributed by atoms with Gasteiger partial charge in [-0.15, -0.1) is 0 Å². The van der Waals surface area contributed by atoms with E-state index < -0.39 is 17.1 Å². The molecule has 0 bridgehead atoms. The van der Waals surface area contributed by atoms with Gasteiger partial charge in [0.2, 0.25) is 0 Å². The van der Waals surface area contributed by atoms with Crippen molar-refractivity contribution in [1.29, 1.82) is 0 Å². The molecule has 3 heterocycles. The first kappa shape index (κ1) is 19.6. The van der Waals surface area contributed by atoms with E-state index in [4.69, 9.17) is 5.73 Å². The first-order chi connectivity index (χ1) is 14.5. The van der Waals surface area contributed by atoms with Crippen molar-refractivity contribution in [3.05, 3.63) is 61.4 Å². The smallest absolute Gasteiger partial charge is 0.166 e. The SMILES string of the molecule is CC(C(=Nc1ccccc1S(=O)[O-])Nc1cccnc1)n1cnc2c(N)ncnc21. The highest BCUT2D eigenvalue weighted by Crippen LogP contribution is 2.26. The monoisotopic (exact) mass is 421 g/mol. The van der Waals surface area contributed by atoms with E-state index in [1.54, 1.807) is 47.6 Å². The van der Waals surface area contributed by atoms with Crippen LogP contribution in [0.15, 0.2) is 71.3 Å². The Hall–Kier alpha value is -3.70. The van der Waals surface area contributed by atoms with Gasteiger partial charge < -0.3 is 20.2 Å². The van der Waals surface area contributed by atoms with Gasteiger partial charge in [0, 0.05) is 6.20 Å². The number of rotatable bonds is 5. The number of hydrogen-bond donors (Lipinski definition) is 2. The van der Waals surface area contributed by atoms with Gasteiger partial charge in [-0.1, -0.05) is 12.1 Å². The minimum atomic E-state index is -2.43. The van der Waals surface area contributed by atoms with Crippen LogP contribution in [0.5, 0.6) is 0 Å². The topological polar surface area (TPSA) is 147 Å².